The molecule has 2 aromatic heterocycles. The summed E-state index contributed by atoms with van der Waals surface area (Å²) in [4.78, 5) is 136. The molecule has 7 atom stereocenters. The minimum Gasteiger partial charge on any atom is -0.370 e. The normalized spacial score (nSPS) is 13.9. The average molecular weight is 1120 g/mol. The first-order valence-corrected chi connectivity index (χ1v) is 26.8. The van der Waals surface area contributed by atoms with Gasteiger partial charge >= 0.3 is 0 Å². The molecule has 4 aromatic rings. The third-order valence-corrected chi connectivity index (χ3v) is 13.0. The molecule has 424 valence electrons. The number of fused-ring (bicyclic) bond motifs is 1. The number of thiol groups is 2. The summed E-state index contributed by atoms with van der Waals surface area (Å²) in [5, 5.41) is 22.6. The topological polar surface area (TPSA) is 385 Å². The Kier molecular flexibility index (Phi) is 25.5. The van der Waals surface area contributed by atoms with E-state index in [2.05, 4.69) is 87.7 Å². The molecule has 4 rings (SSSR count). The van der Waals surface area contributed by atoms with Gasteiger partial charge in [0.2, 0.25) is 53.2 Å². The second-order valence-corrected chi connectivity index (χ2v) is 20.8. The van der Waals surface area contributed by atoms with Crippen LogP contribution < -0.4 is 59.7 Å². The van der Waals surface area contributed by atoms with Gasteiger partial charge < -0.3 is 69.7 Å². The molecule has 0 saturated carbocycles. The van der Waals surface area contributed by atoms with Gasteiger partial charge in [-0.15, -0.1) is 0 Å². The molecule has 2 heterocycles. The third kappa shape index (κ3) is 21.1. The van der Waals surface area contributed by atoms with Crippen molar-refractivity contribution < 1.29 is 43.2 Å². The average Bonchev–Trinajstić information content (AvgIpc) is 4.08. The van der Waals surface area contributed by atoms with Crippen LogP contribution in [-0.2, 0) is 62.4 Å². The highest BCUT2D eigenvalue weighted by Gasteiger charge is 2.39. The SMILES string of the molecule is CCCC[C@H](NC(C)=O)C(=O)N[C@H](C(=O)N[C@@H](Cc1cnc[nH]1)C(=O)N[C@H](Cc1ccccc1)C(=O)N[C@@H](CCCN=C(N)N)C(=O)N[C@@H](Cc1c[nH]c2ccccc12)C(=O)NCCCC(=O)N[C@@H](CS)C(N)=O)C(C)(C)S. The molecule has 0 spiro atoms. The number of nitrogens with two attached hydrogens (primary N) is 3. The van der Waals surface area contributed by atoms with Crippen LogP contribution in [0.5, 0.6) is 0 Å². The van der Waals surface area contributed by atoms with E-state index in [-0.39, 0.29) is 69.7 Å². The van der Waals surface area contributed by atoms with Crippen LogP contribution in [0.1, 0.15) is 89.5 Å². The highest BCUT2D eigenvalue weighted by molar-refractivity contribution is 7.81. The van der Waals surface area contributed by atoms with Crippen molar-refractivity contribution in [3.8, 4) is 0 Å². The fourth-order valence-corrected chi connectivity index (χ4v) is 8.70. The van der Waals surface area contributed by atoms with Crippen molar-refractivity contribution in [3.63, 3.8) is 0 Å². The molecule has 0 radical (unpaired) electrons. The monoisotopic (exact) mass is 1120 g/mol. The number of aromatic amines is 2. The maximum Gasteiger partial charge on any atom is 0.244 e. The van der Waals surface area contributed by atoms with Crippen molar-refractivity contribution >= 4 is 95.3 Å². The van der Waals surface area contributed by atoms with Gasteiger partial charge in [-0.3, -0.25) is 48.1 Å². The Hall–Kier alpha value is -7.61. The summed E-state index contributed by atoms with van der Waals surface area (Å²) in [6, 6.07) is 7.56. The molecule has 0 bridgehead atoms. The van der Waals surface area contributed by atoms with E-state index in [1.54, 1.807) is 50.4 Å². The van der Waals surface area contributed by atoms with Crippen LogP contribution in [0.2, 0.25) is 0 Å². The number of nitrogens with one attached hydrogen (secondary N) is 10. The molecule has 24 nitrogen and oxygen atoms in total. The first kappa shape index (κ1) is 62.9. The molecular weight excluding hydrogens is 1040 g/mol. The molecule has 78 heavy (non-hydrogen) atoms. The molecule has 2 aromatic carbocycles. The van der Waals surface area contributed by atoms with Crippen molar-refractivity contribution in [2.45, 2.75) is 139 Å². The molecule has 9 amide bonds. The van der Waals surface area contributed by atoms with Crippen LogP contribution in [0, 0.1) is 0 Å². The number of hydrogen-bond acceptors (Lipinski definition) is 13. The number of nitrogens with zero attached hydrogens (tertiary/aromatic N) is 2. The number of amides is 9. The number of para-hydroxylation sites is 1. The zero-order valence-electron chi connectivity index (χ0n) is 44.4. The smallest absolute Gasteiger partial charge is 0.244 e. The van der Waals surface area contributed by atoms with Gasteiger partial charge in [-0.2, -0.15) is 25.3 Å². The molecule has 0 aliphatic heterocycles. The first-order valence-electron chi connectivity index (χ1n) is 25.7. The number of aromatic nitrogens is 3. The zero-order valence-corrected chi connectivity index (χ0v) is 46.1. The Morgan fingerprint density at radius 2 is 1.26 bits per heavy atom. The Morgan fingerprint density at radius 1 is 0.667 bits per heavy atom. The van der Waals surface area contributed by atoms with Gasteiger partial charge in [0.25, 0.3) is 0 Å². The van der Waals surface area contributed by atoms with Gasteiger partial charge in [0.1, 0.15) is 42.3 Å². The fourth-order valence-electron chi connectivity index (χ4n) is 8.24. The van der Waals surface area contributed by atoms with E-state index < -0.39 is 100 Å². The summed E-state index contributed by atoms with van der Waals surface area (Å²) in [6.45, 7) is 6.50. The van der Waals surface area contributed by atoms with E-state index in [9.17, 15) is 43.2 Å². The number of hydrogen-bond donors (Lipinski definition) is 15. The van der Waals surface area contributed by atoms with Crippen LogP contribution in [0.3, 0.4) is 0 Å². The lowest BCUT2D eigenvalue weighted by molar-refractivity contribution is -0.135. The van der Waals surface area contributed by atoms with Crippen LogP contribution in [0.15, 0.2) is 78.3 Å². The number of rotatable bonds is 33. The highest BCUT2D eigenvalue weighted by Crippen LogP contribution is 2.21. The van der Waals surface area contributed by atoms with E-state index in [1.807, 2.05) is 31.2 Å². The summed E-state index contributed by atoms with van der Waals surface area (Å²) in [7, 11) is 0. The van der Waals surface area contributed by atoms with E-state index in [4.69, 9.17) is 17.2 Å². The van der Waals surface area contributed by atoms with Gasteiger partial charge in [0, 0.05) is 85.2 Å². The Morgan fingerprint density at radius 3 is 1.87 bits per heavy atom. The number of carbonyl (C=O) groups is 9. The van der Waals surface area contributed by atoms with Gasteiger partial charge in [0.05, 0.1) is 6.33 Å². The standard InChI is InChI=1S/C52H75N15O9S2/c1-5-6-17-36(61-30(2)68)47(73)67-43(52(3,4)78)50(76)66-40(25-33-27-56-29-60-33)49(75)64-38(23-31-14-8-7-9-15-31)48(74)63-37(19-12-22-58-51(54)55)46(72)65-39(24-32-26-59-35-18-11-10-16-34(32)35)45(71)57-21-13-20-42(69)62-41(28-77)44(53)70/h7-11,14-16,18,26-27,29,36-41,43,59,77-78H,5-6,12-13,17,19-25,28H2,1-4H3,(H2,53,70)(H,56,60)(H,57,71)(H,61,68)(H,62,69)(H,63,74)(H,64,75)(H,65,72)(H,66,76)(H,67,73)(H4,54,55,58)/t36-,37-,38+,39-,40-,41-,43+/m0/s1. The fraction of sp³-hybridized carbons (Fsp3) is 0.481. The second-order valence-electron chi connectivity index (χ2n) is 19.3. The second kappa shape index (κ2) is 31.6. The van der Waals surface area contributed by atoms with Crippen molar-refractivity contribution in [2.75, 3.05) is 18.8 Å². The summed E-state index contributed by atoms with van der Waals surface area (Å²) >= 11 is 8.69. The maximum atomic E-state index is 14.7. The molecule has 0 saturated heterocycles. The molecule has 0 aliphatic rings. The Labute approximate surface area is 464 Å². The quantitative estimate of drug-likeness (QED) is 0.0125. The molecule has 16 N–H and O–H groups in total. The summed E-state index contributed by atoms with van der Waals surface area (Å²) in [5.41, 5.74) is 19.1. The number of unbranched alkanes of at least 4 members (excludes halogenated alkanes) is 1. The minimum absolute atomic E-state index is 0.00109. The van der Waals surface area contributed by atoms with Gasteiger partial charge in [0.15, 0.2) is 5.96 Å². The molecular formula is C52H75N15O9S2. The van der Waals surface area contributed by atoms with Gasteiger partial charge in [-0.25, -0.2) is 4.98 Å². The summed E-state index contributed by atoms with van der Waals surface area (Å²) in [5.74, 6) is -6.24. The van der Waals surface area contributed by atoms with Crippen molar-refractivity contribution in [2.24, 2.45) is 22.2 Å². The Balaban J connectivity index is 1.64. The number of imidazole rings is 1. The molecule has 0 unspecified atom stereocenters. The van der Waals surface area contributed by atoms with Crippen molar-refractivity contribution in [1.82, 2.24) is 57.5 Å². The molecule has 0 fully saturated rings. The van der Waals surface area contributed by atoms with Crippen LogP contribution in [-0.4, -0.2) is 140 Å². The number of benzene rings is 2. The van der Waals surface area contributed by atoms with Gasteiger partial charge in [-0.05, 0) is 56.7 Å². The largest absolute Gasteiger partial charge is 0.370 e. The predicted octanol–water partition coefficient (Wildman–Crippen LogP) is -0.404. The van der Waals surface area contributed by atoms with Crippen molar-refractivity contribution in [1.29, 1.82) is 0 Å². The predicted molar refractivity (Wildman–Crippen MR) is 301 cm³/mol. The number of carbonyl (C=O) groups excluding carboxylic acids is 9. The lowest BCUT2D eigenvalue weighted by Crippen LogP contribution is -2.63. The zero-order chi connectivity index (χ0) is 57.4. The van der Waals surface area contributed by atoms with Crippen molar-refractivity contribution in [3.05, 3.63) is 90.1 Å². The van der Waals surface area contributed by atoms with Gasteiger partial charge in [-0.1, -0.05) is 68.3 Å². The number of guanidine groups is 1. The molecule has 0 aliphatic carbocycles. The molecule has 26 heteroatoms. The van der Waals surface area contributed by atoms with E-state index in [0.29, 0.717) is 29.7 Å². The summed E-state index contributed by atoms with van der Waals surface area (Å²) < 4.78 is -1.20. The van der Waals surface area contributed by atoms with E-state index >= 15 is 0 Å². The lowest BCUT2D eigenvalue weighted by atomic mass is 9.99. The van der Waals surface area contributed by atoms with Crippen LogP contribution in [0.4, 0.5) is 0 Å². The van der Waals surface area contributed by atoms with Crippen LogP contribution in [0.25, 0.3) is 10.9 Å². The summed E-state index contributed by atoms with van der Waals surface area (Å²) in [6.07, 6.45) is 6.23. The van der Waals surface area contributed by atoms with E-state index in [0.717, 1.165) is 17.3 Å². The number of primary amides is 1. The number of H-pyrrole nitrogens is 2. The number of aliphatic imine (C=N–C) groups is 1. The Bertz CT molecular complexity index is 2680. The minimum atomic E-state index is -1.39. The van der Waals surface area contributed by atoms with Crippen LogP contribution >= 0.6 is 25.3 Å². The highest BCUT2D eigenvalue weighted by atomic mass is 32.1. The first-order chi connectivity index (χ1) is 37.1. The third-order valence-electron chi connectivity index (χ3n) is 12.4. The maximum absolute atomic E-state index is 14.7. The van der Waals surface area contributed by atoms with E-state index in [1.165, 1.54) is 19.4 Å². The lowest BCUT2D eigenvalue weighted by Gasteiger charge is -2.32.